The first-order valence-electron chi connectivity index (χ1n) is 6.57. The van der Waals surface area contributed by atoms with Crippen molar-refractivity contribution in [2.45, 2.75) is 51.1 Å². The molecule has 0 spiro atoms. The lowest BCUT2D eigenvalue weighted by atomic mass is 9.77. The number of hydrogen-bond acceptors (Lipinski definition) is 3. The lowest BCUT2D eigenvalue weighted by Crippen LogP contribution is -2.62. The summed E-state index contributed by atoms with van der Waals surface area (Å²) in [7, 11) is 3.40. The van der Waals surface area contributed by atoms with E-state index in [1.54, 1.807) is 14.1 Å². The zero-order chi connectivity index (χ0) is 13.9. The Balaban J connectivity index is 2.66. The number of carbonyl (C=O) groups excluding carboxylic acids is 2. The number of nitrogens with two attached hydrogens (primary N) is 1. The summed E-state index contributed by atoms with van der Waals surface area (Å²) in [5, 5.41) is 2.82. The summed E-state index contributed by atoms with van der Waals surface area (Å²) in [6.07, 6.45) is 3.05. The zero-order valence-corrected chi connectivity index (χ0v) is 11.8. The van der Waals surface area contributed by atoms with Crippen LogP contribution in [0.25, 0.3) is 0 Å². The first-order valence-corrected chi connectivity index (χ1v) is 6.57. The van der Waals surface area contributed by atoms with Crippen molar-refractivity contribution in [2.24, 2.45) is 11.7 Å². The fraction of sp³-hybridized carbons (Fsp3) is 0.846. The maximum atomic E-state index is 12.1. The van der Waals surface area contributed by atoms with Crippen LogP contribution in [0, 0.1) is 5.92 Å². The van der Waals surface area contributed by atoms with Crippen molar-refractivity contribution < 1.29 is 9.59 Å². The molecule has 0 bridgehead atoms. The first kappa shape index (κ1) is 15.0. The van der Waals surface area contributed by atoms with Crippen LogP contribution >= 0.6 is 0 Å². The van der Waals surface area contributed by atoms with Gasteiger partial charge in [-0.1, -0.05) is 13.8 Å². The first-order chi connectivity index (χ1) is 8.26. The fourth-order valence-electron chi connectivity index (χ4n) is 2.09. The van der Waals surface area contributed by atoms with Crippen LogP contribution in [0.15, 0.2) is 0 Å². The highest BCUT2D eigenvalue weighted by Crippen LogP contribution is 2.29. The van der Waals surface area contributed by atoms with Crippen molar-refractivity contribution >= 4 is 11.8 Å². The zero-order valence-electron chi connectivity index (χ0n) is 11.8. The van der Waals surface area contributed by atoms with E-state index in [0.29, 0.717) is 25.2 Å². The fourth-order valence-corrected chi connectivity index (χ4v) is 2.09. The molecule has 0 heterocycles. The molecule has 1 aliphatic rings. The molecule has 1 saturated carbocycles. The summed E-state index contributed by atoms with van der Waals surface area (Å²) < 4.78 is 0. The molecule has 3 N–H and O–H groups in total. The Morgan fingerprint density at radius 3 is 2.22 bits per heavy atom. The summed E-state index contributed by atoms with van der Waals surface area (Å²) in [5.74, 6) is 0.0869. The number of hydrogen-bond donors (Lipinski definition) is 2. The molecule has 5 nitrogen and oxygen atoms in total. The number of nitrogens with zero attached hydrogens (tertiary/aromatic N) is 1. The van der Waals surface area contributed by atoms with Crippen molar-refractivity contribution in [1.82, 2.24) is 10.2 Å². The smallest absolute Gasteiger partial charge is 0.244 e. The lowest BCUT2D eigenvalue weighted by Gasteiger charge is -2.37. The Morgan fingerprint density at radius 1 is 1.33 bits per heavy atom. The van der Waals surface area contributed by atoms with Crippen molar-refractivity contribution in [1.29, 1.82) is 0 Å². The summed E-state index contributed by atoms with van der Waals surface area (Å²) in [5.41, 5.74) is 5.22. The van der Waals surface area contributed by atoms with Crippen LogP contribution in [0.3, 0.4) is 0 Å². The van der Waals surface area contributed by atoms with E-state index in [9.17, 15) is 9.59 Å². The molecule has 0 radical (unpaired) electrons. The van der Waals surface area contributed by atoms with Crippen LogP contribution in [-0.4, -0.2) is 42.4 Å². The summed E-state index contributed by atoms with van der Waals surface area (Å²) in [6.45, 7) is 4.06. The minimum atomic E-state index is -0.748. The molecule has 0 aliphatic heterocycles. The Kier molecular flexibility index (Phi) is 4.73. The minimum Gasteiger partial charge on any atom is -0.347 e. The van der Waals surface area contributed by atoms with E-state index >= 15 is 0 Å². The van der Waals surface area contributed by atoms with E-state index in [0.717, 1.165) is 6.42 Å². The molecule has 2 amide bonds. The second-order valence-electron chi connectivity index (χ2n) is 5.90. The van der Waals surface area contributed by atoms with Crippen LogP contribution in [0.1, 0.15) is 39.5 Å². The number of likely N-dealkylation sites (N-methyl/N-ethyl adjacent to an activating group) is 1. The van der Waals surface area contributed by atoms with Crippen molar-refractivity contribution in [3.63, 3.8) is 0 Å². The molecule has 0 saturated heterocycles. The number of nitrogens with one attached hydrogen (secondary N) is 1. The second-order valence-corrected chi connectivity index (χ2v) is 5.90. The maximum absolute atomic E-state index is 12.1. The van der Waals surface area contributed by atoms with Crippen LogP contribution < -0.4 is 11.1 Å². The van der Waals surface area contributed by atoms with Gasteiger partial charge in [0.15, 0.2) is 0 Å². The summed E-state index contributed by atoms with van der Waals surface area (Å²) in [4.78, 5) is 25.6. The van der Waals surface area contributed by atoms with Gasteiger partial charge in [0.1, 0.15) is 6.04 Å². The Hall–Kier alpha value is -1.10. The summed E-state index contributed by atoms with van der Waals surface area (Å²) in [6, 6.07) is -0.464. The standard InChI is InChI=1S/C13H25N3O2/c1-9(2)8-10(11(17)16(3)4)15-12(18)13(14)6-5-7-13/h9-10H,5-8,14H2,1-4H3,(H,15,18). The van der Waals surface area contributed by atoms with Gasteiger partial charge in [0.05, 0.1) is 5.54 Å². The van der Waals surface area contributed by atoms with Crippen LogP contribution in [-0.2, 0) is 9.59 Å². The topological polar surface area (TPSA) is 75.4 Å². The quantitative estimate of drug-likeness (QED) is 0.750. The van der Waals surface area contributed by atoms with Gasteiger partial charge in [-0.2, -0.15) is 0 Å². The van der Waals surface area contributed by atoms with Gasteiger partial charge in [-0.05, 0) is 31.6 Å². The Morgan fingerprint density at radius 2 is 1.89 bits per heavy atom. The average Bonchev–Trinajstić information content (AvgIpc) is 2.22. The molecule has 5 heteroatoms. The monoisotopic (exact) mass is 255 g/mol. The molecule has 104 valence electrons. The molecule has 0 aromatic heterocycles. The van der Waals surface area contributed by atoms with Gasteiger partial charge in [0, 0.05) is 14.1 Å². The van der Waals surface area contributed by atoms with Gasteiger partial charge >= 0.3 is 0 Å². The molecular weight excluding hydrogens is 230 g/mol. The largest absolute Gasteiger partial charge is 0.347 e. The molecule has 1 unspecified atom stereocenters. The minimum absolute atomic E-state index is 0.0695. The Labute approximate surface area is 109 Å². The van der Waals surface area contributed by atoms with E-state index in [2.05, 4.69) is 5.32 Å². The predicted octanol–water partition coefficient (Wildman–Crippen LogP) is 0.487. The Bertz CT molecular complexity index is 322. The molecule has 1 fully saturated rings. The SMILES string of the molecule is CC(C)CC(NC(=O)C1(N)CCC1)C(=O)N(C)C. The van der Waals surface area contributed by atoms with Crippen molar-refractivity contribution in [3.8, 4) is 0 Å². The molecule has 0 aromatic rings. The van der Waals surface area contributed by atoms with Crippen LogP contribution in [0.5, 0.6) is 0 Å². The number of rotatable bonds is 5. The second kappa shape index (κ2) is 5.69. The van der Waals surface area contributed by atoms with Crippen LogP contribution in [0.4, 0.5) is 0 Å². The average molecular weight is 255 g/mol. The molecule has 1 atom stereocenters. The molecular formula is C13H25N3O2. The van der Waals surface area contributed by atoms with Gasteiger partial charge in [-0.3, -0.25) is 9.59 Å². The number of amides is 2. The van der Waals surface area contributed by atoms with Crippen molar-refractivity contribution in [2.75, 3.05) is 14.1 Å². The molecule has 18 heavy (non-hydrogen) atoms. The summed E-state index contributed by atoms with van der Waals surface area (Å²) >= 11 is 0. The highest BCUT2D eigenvalue weighted by Gasteiger charge is 2.41. The van der Waals surface area contributed by atoms with Gasteiger partial charge in [0.2, 0.25) is 11.8 Å². The van der Waals surface area contributed by atoms with E-state index < -0.39 is 11.6 Å². The third kappa shape index (κ3) is 3.45. The van der Waals surface area contributed by atoms with E-state index in [4.69, 9.17) is 5.73 Å². The van der Waals surface area contributed by atoms with Crippen LogP contribution in [0.2, 0.25) is 0 Å². The van der Waals surface area contributed by atoms with Gasteiger partial charge < -0.3 is 16.0 Å². The molecule has 1 aliphatic carbocycles. The molecule has 0 aromatic carbocycles. The van der Waals surface area contributed by atoms with E-state index in [-0.39, 0.29) is 11.8 Å². The van der Waals surface area contributed by atoms with Gasteiger partial charge in [0.25, 0.3) is 0 Å². The third-order valence-electron chi connectivity index (χ3n) is 3.45. The van der Waals surface area contributed by atoms with E-state index in [1.165, 1.54) is 4.90 Å². The normalized spacial score (nSPS) is 19.0. The lowest BCUT2D eigenvalue weighted by molar-refractivity contribution is -0.137. The van der Waals surface area contributed by atoms with Gasteiger partial charge in [-0.25, -0.2) is 0 Å². The van der Waals surface area contributed by atoms with E-state index in [1.807, 2.05) is 13.8 Å². The maximum Gasteiger partial charge on any atom is 0.244 e. The third-order valence-corrected chi connectivity index (χ3v) is 3.45. The number of carbonyl (C=O) groups is 2. The highest BCUT2D eigenvalue weighted by molar-refractivity contribution is 5.92. The predicted molar refractivity (Wildman–Crippen MR) is 70.8 cm³/mol. The molecule has 1 rings (SSSR count). The van der Waals surface area contributed by atoms with Gasteiger partial charge in [-0.15, -0.1) is 0 Å². The van der Waals surface area contributed by atoms with Crippen molar-refractivity contribution in [3.05, 3.63) is 0 Å². The highest BCUT2D eigenvalue weighted by atomic mass is 16.2.